The number of carbonyl (C=O) groups is 2. The molecule has 1 rings (SSSR count). The van der Waals surface area contributed by atoms with Gasteiger partial charge in [-0.3, -0.25) is 0 Å². The number of rotatable bonds is 6. The number of anilines is 1. The number of carbonyl (C=O) groups excluding carboxylic acids is 2. The molecule has 0 atom stereocenters. The summed E-state index contributed by atoms with van der Waals surface area (Å²) in [4.78, 5) is 22.4. The van der Waals surface area contributed by atoms with Crippen LogP contribution in [0, 0.1) is 0 Å². The van der Waals surface area contributed by atoms with E-state index in [1.807, 2.05) is 0 Å². The van der Waals surface area contributed by atoms with Crippen LogP contribution in [0.4, 0.5) is 5.69 Å². The van der Waals surface area contributed by atoms with Gasteiger partial charge in [0, 0.05) is 17.3 Å². The molecule has 106 valence electrons. The Kier molecular flexibility index (Phi) is 6.03. The van der Waals surface area contributed by atoms with Gasteiger partial charge in [-0.2, -0.15) is 0 Å². The van der Waals surface area contributed by atoms with Crippen LogP contribution in [0.5, 0.6) is 0 Å². The van der Waals surface area contributed by atoms with E-state index in [-0.39, 0.29) is 13.2 Å². The second kappa shape index (κ2) is 7.78. The lowest BCUT2D eigenvalue weighted by molar-refractivity contribution is -0.146. The highest BCUT2D eigenvalue weighted by molar-refractivity contribution is 5.87. The highest BCUT2D eigenvalue weighted by atomic mass is 16.6. The van der Waals surface area contributed by atoms with Crippen LogP contribution in [-0.4, -0.2) is 25.2 Å². The van der Waals surface area contributed by atoms with Crippen molar-refractivity contribution < 1.29 is 19.1 Å². The molecule has 2 N–H and O–H groups in total. The zero-order chi connectivity index (χ0) is 15.0. The molecule has 1 aromatic carbocycles. The molecular weight excluding hydrogens is 258 g/mol. The van der Waals surface area contributed by atoms with Crippen LogP contribution in [0.3, 0.4) is 0 Å². The summed E-state index contributed by atoms with van der Waals surface area (Å²) in [5, 5.41) is 0. The number of hydrogen-bond acceptors (Lipinski definition) is 5. The first-order chi connectivity index (χ1) is 9.49. The average molecular weight is 275 g/mol. The third kappa shape index (κ3) is 5.86. The fourth-order valence-corrected chi connectivity index (χ4v) is 1.22. The van der Waals surface area contributed by atoms with Crippen molar-refractivity contribution in [3.8, 4) is 0 Å². The van der Waals surface area contributed by atoms with E-state index >= 15 is 0 Å². The van der Waals surface area contributed by atoms with Gasteiger partial charge in [0.05, 0.1) is 0 Å². The lowest BCUT2D eigenvalue weighted by atomic mass is 10.2. The largest absolute Gasteiger partial charge is 0.459 e. The fraction of sp³-hybridized carbons (Fsp3) is 0.200. The minimum Gasteiger partial charge on any atom is -0.459 e. The molecule has 0 aromatic heterocycles. The second-order valence-corrected chi connectivity index (χ2v) is 4.08. The van der Waals surface area contributed by atoms with Gasteiger partial charge in [0.1, 0.15) is 13.2 Å². The molecular formula is C15H17NO4. The monoisotopic (exact) mass is 275 g/mol. The van der Waals surface area contributed by atoms with Crippen LogP contribution in [-0.2, 0) is 19.1 Å². The molecule has 1 aromatic rings. The van der Waals surface area contributed by atoms with Crippen molar-refractivity contribution in [1.82, 2.24) is 0 Å². The van der Waals surface area contributed by atoms with Gasteiger partial charge in [-0.05, 0) is 30.7 Å². The first-order valence-electron chi connectivity index (χ1n) is 6.02. The van der Waals surface area contributed by atoms with Crippen molar-refractivity contribution in [2.24, 2.45) is 0 Å². The lowest BCUT2D eigenvalue weighted by Gasteiger charge is -2.04. The van der Waals surface area contributed by atoms with Crippen LogP contribution in [0.2, 0.25) is 0 Å². The number of benzene rings is 1. The van der Waals surface area contributed by atoms with Crippen LogP contribution in [0.15, 0.2) is 42.5 Å². The van der Waals surface area contributed by atoms with Gasteiger partial charge in [-0.25, -0.2) is 9.59 Å². The van der Waals surface area contributed by atoms with Gasteiger partial charge >= 0.3 is 11.9 Å². The second-order valence-electron chi connectivity index (χ2n) is 4.08. The predicted octanol–water partition coefficient (Wildman–Crippen LogP) is 1.94. The van der Waals surface area contributed by atoms with Gasteiger partial charge in [0.2, 0.25) is 0 Å². The van der Waals surface area contributed by atoms with Gasteiger partial charge in [0.15, 0.2) is 0 Å². The maximum absolute atomic E-state index is 11.4. The number of nitrogen functional groups attached to an aromatic ring is 1. The van der Waals surface area contributed by atoms with E-state index in [9.17, 15) is 9.59 Å². The van der Waals surface area contributed by atoms with Crippen molar-refractivity contribution in [1.29, 1.82) is 0 Å². The van der Waals surface area contributed by atoms with E-state index in [0.29, 0.717) is 11.3 Å². The molecule has 5 heteroatoms. The molecule has 0 unspecified atom stereocenters. The molecule has 0 heterocycles. The maximum Gasteiger partial charge on any atom is 0.333 e. The van der Waals surface area contributed by atoms with Gasteiger partial charge in [-0.1, -0.05) is 18.7 Å². The van der Waals surface area contributed by atoms with Gasteiger partial charge in [0.25, 0.3) is 0 Å². The smallest absolute Gasteiger partial charge is 0.333 e. The van der Waals surface area contributed by atoms with Gasteiger partial charge < -0.3 is 15.2 Å². The summed E-state index contributed by atoms with van der Waals surface area (Å²) < 4.78 is 9.64. The van der Waals surface area contributed by atoms with E-state index in [4.69, 9.17) is 15.2 Å². The zero-order valence-corrected chi connectivity index (χ0v) is 11.3. The summed E-state index contributed by atoms with van der Waals surface area (Å²) >= 11 is 0. The topological polar surface area (TPSA) is 78.6 Å². The van der Waals surface area contributed by atoms with Crippen LogP contribution >= 0.6 is 0 Å². The molecule has 0 saturated heterocycles. The first-order valence-corrected chi connectivity index (χ1v) is 6.02. The molecule has 0 aliphatic carbocycles. The minimum atomic E-state index is -0.506. The fourth-order valence-electron chi connectivity index (χ4n) is 1.22. The van der Waals surface area contributed by atoms with Crippen molar-refractivity contribution in [3.63, 3.8) is 0 Å². The molecule has 0 aliphatic rings. The SMILES string of the molecule is C=C(C)C(=O)OCCOC(=O)/C=C/c1ccc(N)cc1. The summed E-state index contributed by atoms with van der Waals surface area (Å²) in [5.74, 6) is -1.01. The highest BCUT2D eigenvalue weighted by Crippen LogP contribution is 2.07. The number of nitrogens with two attached hydrogens (primary N) is 1. The molecule has 0 fully saturated rings. The first kappa shape index (κ1) is 15.5. The molecule has 0 spiro atoms. The van der Waals surface area contributed by atoms with Crippen LogP contribution in [0.25, 0.3) is 6.08 Å². The Morgan fingerprint density at radius 2 is 1.80 bits per heavy atom. The van der Waals surface area contributed by atoms with E-state index < -0.39 is 11.9 Å². The number of ether oxygens (including phenoxy) is 2. The molecule has 20 heavy (non-hydrogen) atoms. The summed E-state index contributed by atoms with van der Waals surface area (Å²) in [7, 11) is 0. The van der Waals surface area contributed by atoms with Crippen molar-refractivity contribution in [3.05, 3.63) is 48.1 Å². The molecule has 0 aliphatic heterocycles. The van der Waals surface area contributed by atoms with Crippen molar-refractivity contribution in [2.75, 3.05) is 18.9 Å². The summed E-state index contributed by atoms with van der Waals surface area (Å²) in [6.07, 6.45) is 2.91. The maximum atomic E-state index is 11.4. The van der Waals surface area contributed by atoms with E-state index in [1.54, 1.807) is 37.3 Å². The Balaban J connectivity index is 2.28. The molecule has 0 amide bonds. The zero-order valence-electron chi connectivity index (χ0n) is 11.3. The Hall–Kier alpha value is -2.56. The minimum absolute atomic E-state index is 0.00390. The number of hydrogen-bond donors (Lipinski definition) is 1. The van der Waals surface area contributed by atoms with Crippen LogP contribution in [0.1, 0.15) is 12.5 Å². The normalized spacial score (nSPS) is 10.2. The number of esters is 2. The Bertz CT molecular complexity index is 517. The Labute approximate surface area is 117 Å². The Morgan fingerprint density at radius 1 is 1.20 bits per heavy atom. The predicted molar refractivity (Wildman–Crippen MR) is 76.6 cm³/mol. The van der Waals surface area contributed by atoms with E-state index in [0.717, 1.165) is 5.56 Å². The molecule has 5 nitrogen and oxygen atoms in total. The highest BCUT2D eigenvalue weighted by Gasteiger charge is 2.03. The molecule has 0 radical (unpaired) electrons. The molecule has 0 bridgehead atoms. The van der Waals surface area contributed by atoms with Crippen molar-refractivity contribution in [2.45, 2.75) is 6.92 Å². The van der Waals surface area contributed by atoms with E-state index in [1.165, 1.54) is 6.08 Å². The Morgan fingerprint density at radius 3 is 2.40 bits per heavy atom. The third-order valence-electron chi connectivity index (χ3n) is 2.26. The lowest BCUT2D eigenvalue weighted by Crippen LogP contribution is -2.12. The van der Waals surface area contributed by atoms with Crippen LogP contribution < -0.4 is 5.73 Å². The van der Waals surface area contributed by atoms with E-state index in [2.05, 4.69) is 6.58 Å². The third-order valence-corrected chi connectivity index (χ3v) is 2.26. The van der Waals surface area contributed by atoms with Gasteiger partial charge in [-0.15, -0.1) is 0 Å². The molecule has 0 saturated carbocycles. The standard InChI is InChI=1S/C15H17NO4/c1-11(2)15(18)20-10-9-19-14(17)8-5-12-3-6-13(16)7-4-12/h3-8H,1,9-10,16H2,2H3/b8-5+. The summed E-state index contributed by atoms with van der Waals surface area (Å²) in [6.45, 7) is 4.99. The average Bonchev–Trinajstić information content (AvgIpc) is 2.42. The quantitative estimate of drug-likeness (QED) is 0.371. The summed E-state index contributed by atoms with van der Waals surface area (Å²) in [5.41, 5.74) is 7.35. The summed E-state index contributed by atoms with van der Waals surface area (Å²) in [6, 6.07) is 7.05. The van der Waals surface area contributed by atoms with Crippen molar-refractivity contribution >= 4 is 23.7 Å².